The zero-order valence-corrected chi connectivity index (χ0v) is 36.5. The highest BCUT2D eigenvalue weighted by atomic mass is 15.0. The molecule has 66 heavy (non-hydrogen) atoms. The van der Waals surface area contributed by atoms with E-state index in [0.29, 0.717) is 0 Å². The summed E-state index contributed by atoms with van der Waals surface area (Å²) in [6.45, 7) is 0. The summed E-state index contributed by atoms with van der Waals surface area (Å²) in [5.41, 5.74) is 15.2. The van der Waals surface area contributed by atoms with Crippen LogP contribution in [0.3, 0.4) is 0 Å². The van der Waals surface area contributed by atoms with Gasteiger partial charge in [0, 0.05) is 54.5 Å². The molecule has 0 amide bonds. The molecule has 0 unspecified atom stereocenters. The van der Waals surface area contributed by atoms with Crippen LogP contribution < -0.4 is 20.9 Å². The molecule has 2 nitrogen and oxygen atoms in total. The van der Waals surface area contributed by atoms with Crippen molar-refractivity contribution < 1.29 is 0 Å². The van der Waals surface area contributed by atoms with Crippen LogP contribution in [0.25, 0.3) is 122 Å². The molecule has 0 fully saturated rings. The van der Waals surface area contributed by atoms with Gasteiger partial charge in [-0.2, -0.15) is 0 Å². The molecule has 2 aliphatic carbocycles. The van der Waals surface area contributed by atoms with Gasteiger partial charge in [-0.3, -0.25) is 0 Å². The zero-order chi connectivity index (χ0) is 43.3. The molecular formula is C64H44N2. The molecule has 0 spiro atoms. The van der Waals surface area contributed by atoms with Gasteiger partial charge in [-0.05, 0) is 92.1 Å². The molecule has 0 saturated carbocycles. The third-order valence-corrected chi connectivity index (χ3v) is 14.5. The third kappa shape index (κ3) is 5.42. The van der Waals surface area contributed by atoms with Crippen molar-refractivity contribution in [2.75, 3.05) is 0 Å². The van der Waals surface area contributed by atoms with Gasteiger partial charge in [-0.25, -0.2) is 0 Å². The van der Waals surface area contributed by atoms with Crippen LogP contribution in [0, 0.1) is 0 Å². The summed E-state index contributed by atoms with van der Waals surface area (Å²) < 4.78 is 5.35. The molecule has 2 aromatic heterocycles. The van der Waals surface area contributed by atoms with Crippen molar-refractivity contribution in [3.05, 3.63) is 227 Å². The maximum atomic E-state index is 2.68. The van der Waals surface area contributed by atoms with Gasteiger partial charge in [0.05, 0.1) is 22.4 Å². The minimum Gasteiger partial charge on any atom is -0.311 e. The smallest absolute Gasteiger partial charge is 0.0617 e. The van der Waals surface area contributed by atoms with E-state index in [0.717, 1.165) is 25.7 Å². The Hall–Kier alpha value is -8.20. The number of hydrogen-bond donors (Lipinski definition) is 0. The number of rotatable bonds is 6. The topological polar surface area (TPSA) is 9.86 Å². The lowest BCUT2D eigenvalue weighted by Gasteiger charge is -2.21. The lowest BCUT2D eigenvalue weighted by atomic mass is 9.89. The second-order valence-electron chi connectivity index (χ2n) is 18.1. The van der Waals surface area contributed by atoms with E-state index in [9.17, 15) is 0 Å². The van der Waals surface area contributed by atoms with Crippen LogP contribution in [-0.2, 0) is 0 Å². The number of aromatic nitrogens is 2. The molecule has 2 aliphatic rings. The number of hydrogen-bond acceptors (Lipinski definition) is 0. The van der Waals surface area contributed by atoms with E-state index in [1.54, 1.807) is 0 Å². The number of fused-ring (bicyclic) bond motifs is 6. The van der Waals surface area contributed by atoms with E-state index in [1.165, 1.54) is 131 Å². The van der Waals surface area contributed by atoms with Gasteiger partial charge >= 0.3 is 0 Å². The second kappa shape index (κ2) is 14.7. The van der Waals surface area contributed by atoms with Crippen LogP contribution in [0.4, 0.5) is 0 Å². The summed E-state index contributed by atoms with van der Waals surface area (Å²) in [5.74, 6) is 0. The Balaban J connectivity index is 1.21. The predicted molar refractivity (Wildman–Crippen MR) is 279 cm³/mol. The van der Waals surface area contributed by atoms with Gasteiger partial charge in [-0.1, -0.05) is 206 Å². The highest BCUT2D eigenvalue weighted by Gasteiger charge is 2.29. The van der Waals surface area contributed by atoms with Gasteiger partial charge < -0.3 is 9.13 Å². The van der Waals surface area contributed by atoms with Crippen LogP contribution in [-0.4, -0.2) is 9.13 Å². The van der Waals surface area contributed by atoms with Gasteiger partial charge in [-0.15, -0.1) is 0 Å². The highest BCUT2D eigenvalue weighted by molar-refractivity contribution is 6.35. The normalized spacial score (nSPS) is 13.7. The van der Waals surface area contributed by atoms with Crippen LogP contribution in [0.1, 0.15) is 25.7 Å². The summed E-state index contributed by atoms with van der Waals surface area (Å²) in [6.07, 6.45) is 8.72. The molecule has 0 atom stereocenters. The molecule has 2 heteroatoms. The number of benzene rings is 10. The van der Waals surface area contributed by atoms with E-state index in [2.05, 4.69) is 228 Å². The van der Waals surface area contributed by atoms with E-state index in [1.807, 2.05) is 0 Å². The first-order chi connectivity index (χ1) is 32.8. The van der Waals surface area contributed by atoms with E-state index < -0.39 is 0 Å². The van der Waals surface area contributed by atoms with E-state index in [4.69, 9.17) is 0 Å². The fourth-order valence-corrected chi connectivity index (χ4v) is 11.9. The zero-order valence-electron chi connectivity index (χ0n) is 36.5. The molecule has 0 saturated heterocycles. The van der Waals surface area contributed by atoms with Crippen molar-refractivity contribution in [3.63, 3.8) is 0 Å². The average Bonchev–Trinajstić information content (AvgIpc) is 3.92. The van der Waals surface area contributed by atoms with Crippen LogP contribution >= 0.6 is 0 Å². The molecule has 0 bridgehead atoms. The Morgan fingerprint density at radius 2 is 0.682 bits per heavy atom. The number of nitrogens with zero attached hydrogens (tertiary/aromatic N) is 2. The maximum Gasteiger partial charge on any atom is 0.0617 e. The Kier molecular flexibility index (Phi) is 8.27. The maximum absolute atomic E-state index is 2.68. The van der Waals surface area contributed by atoms with Crippen molar-refractivity contribution in [2.45, 2.75) is 25.7 Å². The van der Waals surface area contributed by atoms with Crippen molar-refractivity contribution in [1.29, 1.82) is 0 Å². The summed E-state index contributed by atoms with van der Waals surface area (Å²) in [4.78, 5) is 0. The first-order valence-corrected chi connectivity index (χ1v) is 23.5. The van der Waals surface area contributed by atoms with Crippen LogP contribution in [0.15, 0.2) is 206 Å². The fourth-order valence-electron chi connectivity index (χ4n) is 11.9. The van der Waals surface area contributed by atoms with E-state index >= 15 is 0 Å². The summed E-state index contributed by atoms with van der Waals surface area (Å²) in [7, 11) is 0. The molecule has 2 heterocycles. The SMILES string of the molecule is C1=c2ccccc2=C(n2c(-c3ccccc3)c(-c3ccccc3)c3cc4ccc5c6c(ccc(c46)c32)cc2c(-c3ccccc3)c(-c3ccccc3)n(C3=c4ccccc4=CCC3)c25)CC1. The quantitative estimate of drug-likeness (QED) is 0.148. The van der Waals surface area contributed by atoms with Crippen LogP contribution in [0.5, 0.6) is 0 Å². The molecule has 0 N–H and O–H groups in total. The van der Waals surface area contributed by atoms with E-state index in [-0.39, 0.29) is 0 Å². The molecule has 310 valence electrons. The standard InChI is InChI=1S/C64H44N2/c1-5-21-43(22-6-1)59-53-39-47-35-38-52-58-48(36-37-51(57(47)58)63(53)65(61(59)45-25-9-3-10-26-45)55-33-17-29-41-19-13-15-31-49(41)55)40-54-60(44-23-7-2-8-24-44)62(46-27-11-4-12-28-46)66(64(52)54)56-34-18-30-42-20-14-16-32-50(42)56/h1-16,19-32,35-40H,17-18,33-34H2. The monoisotopic (exact) mass is 840 g/mol. The molecule has 0 radical (unpaired) electrons. The molecular weight excluding hydrogens is 797 g/mol. The van der Waals surface area contributed by atoms with Gasteiger partial charge in [0.1, 0.15) is 0 Å². The molecule has 12 aromatic rings. The Morgan fingerprint density at radius 1 is 0.318 bits per heavy atom. The highest BCUT2D eigenvalue weighted by Crippen LogP contribution is 2.51. The predicted octanol–water partition coefficient (Wildman–Crippen LogP) is 13.6. The Bertz CT molecular complexity index is 3900. The van der Waals surface area contributed by atoms with Gasteiger partial charge in [0.2, 0.25) is 0 Å². The summed E-state index contributed by atoms with van der Waals surface area (Å²) >= 11 is 0. The first kappa shape index (κ1) is 37.2. The largest absolute Gasteiger partial charge is 0.311 e. The average molecular weight is 841 g/mol. The molecule has 0 aliphatic heterocycles. The minimum absolute atomic E-state index is 0.951. The van der Waals surface area contributed by atoms with Crippen LogP contribution in [0.2, 0.25) is 0 Å². The molecule has 14 rings (SSSR count). The fraction of sp³-hybridized carbons (Fsp3) is 0.0625. The summed E-state index contributed by atoms with van der Waals surface area (Å²) in [5, 5.41) is 15.6. The molecule has 10 aromatic carbocycles. The lowest BCUT2D eigenvalue weighted by Crippen LogP contribution is -2.31. The van der Waals surface area contributed by atoms with Crippen molar-refractivity contribution >= 4 is 77.7 Å². The summed E-state index contributed by atoms with van der Waals surface area (Å²) in [6, 6.07) is 77.2. The minimum atomic E-state index is 0.951. The third-order valence-electron chi connectivity index (χ3n) is 14.5. The van der Waals surface area contributed by atoms with Gasteiger partial charge in [0.25, 0.3) is 0 Å². The first-order valence-electron chi connectivity index (χ1n) is 23.5. The lowest BCUT2D eigenvalue weighted by molar-refractivity contribution is 0.974. The second-order valence-corrected chi connectivity index (χ2v) is 18.1. The van der Waals surface area contributed by atoms with Crippen molar-refractivity contribution in [3.8, 4) is 44.8 Å². The van der Waals surface area contributed by atoms with Gasteiger partial charge in [0.15, 0.2) is 0 Å². The Labute approximate surface area is 382 Å². The van der Waals surface area contributed by atoms with Crippen molar-refractivity contribution in [1.82, 2.24) is 9.13 Å². The Morgan fingerprint density at radius 3 is 1.09 bits per heavy atom. The van der Waals surface area contributed by atoms with Crippen molar-refractivity contribution in [2.24, 2.45) is 0 Å².